The van der Waals surface area contributed by atoms with Crippen molar-refractivity contribution in [3.05, 3.63) is 48.0 Å². The van der Waals surface area contributed by atoms with Gasteiger partial charge in [0.15, 0.2) is 12.4 Å². The highest BCUT2D eigenvalue weighted by atomic mass is 19.1. The van der Waals surface area contributed by atoms with Crippen LogP contribution in [0.25, 0.3) is 0 Å². The fourth-order valence-electron chi connectivity index (χ4n) is 1.22. The summed E-state index contributed by atoms with van der Waals surface area (Å²) in [5.41, 5.74) is -0.0484. The Morgan fingerprint density at radius 2 is 2.06 bits per heavy atom. The Morgan fingerprint density at radius 1 is 1.35 bits per heavy atom. The monoisotopic (exact) mass is 236 g/mol. The first-order valence-electron chi connectivity index (χ1n) is 4.80. The summed E-state index contributed by atoms with van der Waals surface area (Å²) in [5.74, 6) is -0.950. The first-order chi connectivity index (χ1) is 8.15. The average molecular weight is 236 g/mol. The molecule has 2 rings (SSSR count). The number of benzene rings is 1. The van der Waals surface area contributed by atoms with Crippen molar-refractivity contribution in [3.8, 4) is 5.75 Å². The van der Waals surface area contributed by atoms with Crippen LogP contribution in [0.15, 0.2) is 36.5 Å². The molecule has 5 nitrogen and oxygen atoms in total. The lowest BCUT2D eigenvalue weighted by atomic mass is 10.3. The van der Waals surface area contributed by atoms with E-state index in [1.54, 1.807) is 0 Å². The smallest absolute Gasteiger partial charge is 0.356 e. The van der Waals surface area contributed by atoms with Crippen molar-refractivity contribution in [2.24, 2.45) is 0 Å². The predicted molar refractivity (Wildman–Crippen MR) is 56.2 cm³/mol. The van der Waals surface area contributed by atoms with E-state index in [0.29, 0.717) is 5.75 Å². The number of carboxylic acids is 1. The summed E-state index contributed by atoms with van der Waals surface area (Å²) in [6.45, 7) is 0.0684. The number of halogens is 1. The van der Waals surface area contributed by atoms with Gasteiger partial charge in [-0.15, -0.1) is 0 Å². The predicted octanol–water partition coefficient (Wildman–Crippen LogP) is 1.76. The zero-order valence-electron chi connectivity index (χ0n) is 8.71. The third-order valence-electron chi connectivity index (χ3n) is 2.04. The van der Waals surface area contributed by atoms with E-state index in [9.17, 15) is 9.18 Å². The molecule has 1 aromatic carbocycles. The molecule has 6 heteroatoms. The van der Waals surface area contributed by atoms with Gasteiger partial charge in [0.05, 0.1) is 0 Å². The topological polar surface area (TPSA) is 64.3 Å². The van der Waals surface area contributed by atoms with E-state index in [-0.39, 0.29) is 18.2 Å². The molecule has 88 valence electrons. The number of aromatic nitrogens is 2. The van der Waals surface area contributed by atoms with E-state index >= 15 is 0 Å². The second kappa shape index (κ2) is 4.65. The van der Waals surface area contributed by atoms with E-state index in [2.05, 4.69) is 5.10 Å². The zero-order valence-corrected chi connectivity index (χ0v) is 8.71. The highest BCUT2D eigenvalue weighted by Gasteiger charge is 2.06. The number of aromatic carboxylic acids is 1. The lowest BCUT2D eigenvalue weighted by Gasteiger charge is -2.05. The maximum atomic E-state index is 12.6. The maximum absolute atomic E-state index is 12.6. The molecule has 0 saturated carbocycles. The normalized spacial score (nSPS) is 10.2. The molecule has 0 unspecified atom stereocenters. The fourth-order valence-corrected chi connectivity index (χ4v) is 1.22. The molecule has 0 radical (unpaired) electrons. The molecule has 0 aliphatic rings. The van der Waals surface area contributed by atoms with E-state index in [0.717, 1.165) is 0 Å². The first-order valence-corrected chi connectivity index (χ1v) is 4.80. The molecule has 0 spiro atoms. The number of hydrogen-bond donors (Lipinski definition) is 1. The number of carbonyl (C=O) groups is 1. The van der Waals surface area contributed by atoms with Crippen LogP contribution in [-0.2, 0) is 6.73 Å². The largest absolute Gasteiger partial charge is 0.476 e. The molecule has 0 aliphatic heterocycles. The quantitative estimate of drug-likeness (QED) is 0.878. The van der Waals surface area contributed by atoms with Crippen molar-refractivity contribution in [3.63, 3.8) is 0 Å². The van der Waals surface area contributed by atoms with Gasteiger partial charge in [-0.25, -0.2) is 13.9 Å². The van der Waals surface area contributed by atoms with Crippen molar-refractivity contribution < 1.29 is 19.0 Å². The highest BCUT2D eigenvalue weighted by Crippen LogP contribution is 2.11. The molecule has 1 N–H and O–H groups in total. The lowest BCUT2D eigenvalue weighted by Crippen LogP contribution is -2.07. The number of ether oxygens (including phenoxy) is 1. The van der Waals surface area contributed by atoms with Gasteiger partial charge in [0, 0.05) is 6.20 Å². The van der Waals surface area contributed by atoms with E-state index < -0.39 is 5.97 Å². The number of rotatable bonds is 4. The molecule has 0 amide bonds. The second-order valence-corrected chi connectivity index (χ2v) is 3.27. The summed E-state index contributed by atoms with van der Waals surface area (Å²) in [7, 11) is 0. The van der Waals surface area contributed by atoms with Crippen LogP contribution in [0, 0.1) is 5.82 Å². The van der Waals surface area contributed by atoms with Crippen molar-refractivity contribution >= 4 is 5.97 Å². The molecule has 17 heavy (non-hydrogen) atoms. The zero-order chi connectivity index (χ0) is 12.3. The molecule has 2 aromatic rings. The summed E-state index contributed by atoms with van der Waals surface area (Å²) < 4.78 is 19.2. The Bertz CT molecular complexity index is 522. The minimum atomic E-state index is -1.09. The highest BCUT2D eigenvalue weighted by molar-refractivity contribution is 5.84. The maximum Gasteiger partial charge on any atom is 0.356 e. The van der Waals surface area contributed by atoms with Gasteiger partial charge in [0.1, 0.15) is 11.6 Å². The second-order valence-electron chi connectivity index (χ2n) is 3.27. The molecule has 0 fully saturated rings. The summed E-state index contributed by atoms with van der Waals surface area (Å²) in [5, 5.41) is 12.4. The molecular formula is C11H9FN2O3. The molecule has 0 atom stereocenters. The van der Waals surface area contributed by atoms with Gasteiger partial charge in [-0.2, -0.15) is 5.10 Å². The van der Waals surface area contributed by atoms with Crippen molar-refractivity contribution in [2.75, 3.05) is 0 Å². The standard InChI is InChI=1S/C11H9FN2O3/c12-8-1-3-9(4-2-8)17-7-14-6-5-10(13-14)11(15)16/h1-6H,7H2,(H,15,16). The summed E-state index contributed by atoms with van der Waals surface area (Å²) in [6, 6.07) is 6.90. The van der Waals surface area contributed by atoms with Gasteiger partial charge in [-0.3, -0.25) is 0 Å². The van der Waals surface area contributed by atoms with E-state index in [4.69, 9.17) is 9.84 Å². The van der Waals surface area contributed by atoms with Crippen molar-refractivity contribution in [1.82, 2.24) is 9.78 Å². The lowest BCUT2D eigenvalue weighted by molar-refractivity contribution is 0.0688. The average Bonchev–Trinajstić information content (AvgIpc) is 2.77. The Balaban J connectivity index is 1.97. The fraction of sp³-hybridized carbons (Fsp3) is 0.0909. The van der Waals surface area contributed by atoms with Crippen LogP contribution >= 0.6 is 0 Å². The van der Waals surface area contributed by atoms with Crippen molar-refractivity contribution in [2.45, 2.75) is 6.73 Å². The van der Waals surface area contributed by atoms with Gasteiger partial charge >= 0.3 is 5.97 Å². The van der Waals surface area contributed by atoms with E-state index in [1.807, 2.05) is 0 Å². The summed E-state index contributed by atoms with van der Waals surface area (Å²) >= 11 is 0. The Kier molecular flexibility index (Phi) is 3.04. The molecule has 0 aliphatic carbocycles. The summed E-state index contributed by atoms with van der Waals surface area (Å²) in [6.07, 6.45) is 1.49. The molecule has 1 heterocycles. The minimum absolute atomic E-state index is 0.0484. The van der Waals surface area contributed by atoms with Gasteiger partial charge in [-0.05, 0) is 30.3 Å². The molecular weight excluding hydrogens is 227 g/mol. The molecule has 0 saturated heterocycles. The van der Waals surface area contributed by atoms with Gasteiger partial charge in [0.25, 0.3) is 0 Å². The van der Waals surface area contributed by atoms with Gasteiger partial charge in [0.2, 0.25) is 0 Å². The van der Waals surface area contributed by atoms with Crippen LogP contribution in [0.1, 0.15) is 10.5 Å². The Hall–Kier alpha value is -2.37. The van der Waals surface area contributed by atoms with E-state index in [1.165, 1.54) is 41.2 Å². The SMILES string of the molecule is O=C(O)c1ccn(COc2ccc(F)cc2)n1. The number of carboxylic acid groups (broad SMARTS) is 1. The van der Waals surface area contributed by atoms with Crippen LogP contribution in [0.3, 0.4) is 0 Å². The third kappa shape index (κ3) is 2.81. The molecule has 1 aromatic heterocycles. The van der Waals surface area contributed by atoms with Crippen LogP contribution in [0.5, 0.6) is 5.75 Å². The first kappa shape index (κ1) is 11.1. The van der Waals surface area contributed by atoms with Crippen LogP contribution in [-0.4, -0.2) is 20.9 Å². The van der Waals surface area contributed by atoms with Gasteiger partial charge < -0.3 is 9.84 Å². The third-order valence-corrected chi connectivity index (χ3v) is 2.04. The number of nitrogens with zero attached hydrogens (tertiary/aromatic N) is 2. The van der Waals surface area contributed by atoms with Crippen LogP contribution in [0.4, 0.5) is 4.39 Å². The Morgan fingerprint density at radius 3 is 2.65 bits per heavy atom. The van der Waals surface area contributed by atoms with Crippen LogP contribution in [0.2, 0.25) is 0 Å². The number of hydrogen-bond acceptors (Lipinski definition) is 3. The van der Waals surface area contributed by atoms with Crippen LogP contribution < -0.4 is 4.74 Å². The van der Waals surface area contributed by atoms with Gasteiger partial charge in [-0.1, -0.05) is 0 Å². The minimum Gasteiger partial charge on any atom is -0.476 e. The van der Waals surface area contributed by atoms with Crippen molar-refractivity contribution in [1.29, 1.82) is 0 Å². The molecule has 0 bridgehead atoms. The summed E-state index contributed by atoms with van der Waals surface area (Å²) in [4.78, 5) is 10.6. The Labute approximate surface area is 96.1 Å².